The second-order valence-corrected chi connectivity index (χ2v) is 4.32. The minimum Gasteiger partial charge on any atom is -0.370 e. The van der Waals surface area contributed by atoms with Crippen LogP contribution in [-0.2, 0) is 0 Å². The predicted molar refractivity (Wildman–Crippen MR) is 70.3 cm³/mol. The molecule has 0 amide bonds. The van der Waals surface area contributed by atoms with Crippen LogP contribution >= 0.6 is 11.6 Å². The van der Waals surface area contributed by atoms with Crippen LogP contribution in [0, 0.1) is 6.92 Å². The summed E-state index contributed by atoms with van der Waals surface area (Å²) >= 11 is 6.08. The van der Waals surface area contributed by atoms with Crippen molar-refractivity contribution in [2.75, 3.05) is 11.9 Å². The van der Waals surface area contributed by atoms with E-state index in [1.165, 1.54) is 0 Å². The Morgan fingerprint density at radius 1 is 1.31 bits per heavy atom. The Morgan fingerprint density at radius 3 is 2.88 bits per heavy atom. The van der Waals surface area contributed by atoms with E-state index in [0.717, 1.165) is 40.3 Å². The lowest BCUT2D eigenvalue weighted by Crippen LogP contribution is -2.01. The SMILES string of the molecule is CCCNc1ccc2cc(C)c(Cl)cc2n1. The number of anilines is 1. The second-order valence-electron chi connectivity index (χ2n) is 3.92. The van der Waals surface area contributed by atoms with Gasteiger partial charge in [-0.1, -0.05) is 18.5 Å². The molecular formula is C13H15ClN2. The van der Waals surface area contributed by atoms with Crippen molar-refractivity contribution in [3.8, 4) is 0 Å². The van der Waals surface area contributed by atoms with E-state index in [-0.39, 0.29) is 0 Å². The number of aryl methyl sites for hydroxylation is 1. The minimum absolute atomic E-state index is 0.771. The Hall–Kier alpha value is -1.28. The van der Waals surface area contributed by atoms with Crippen molar-refractivity contribution in [3.05, 3.63) is 34.9 Å². The van der Waals surface area contributed by atoms with E-state index >= 15 is 0 Å². The van der Waals surface area contributed by atoms with Gasteiger partial charge in [0.2, 0.25) is 0 Å². The van der Waals surface area contributed by atoms with Crippen molar-refractivity contribution < 1.29 is 0 Å². The average molecular weight is 235 g/mol. The molecule has 1 heterocycles. The van der Waals surface area contributed by atoms with Crippen molar-refractivity contribution in [1.82, 2.24) is 4.98 Å². The van der Waals surface area contributed by atoms with Crippen molar-refractivity contribution in [3.63, 3.8) is 0 Å². The van der Waals surface area contributed by atoms with Crippen LogP contribution in [-0.4, -0.2) is 11.5 Å². The van der Waals surface area contributed by atoms with E-state index in [0.29, 0.717) is 0 Å². The molecule has 0 atom stereocenters. The summed E-state index contributed by atoms with van der Waals surface area (Å²) in [5.41, 5.74) is 2.03. The monoisotopic (exact) mass is 234 g/mol. The summed E-state index contributed by atoms with van der Waals surface area (Å²) in [6.07, 6.45) is 1.09. The Balaban J connectivity index is 2.41. The average Bonchev–Trinajstić information content (AvgIpc) is 2.28. The number of hydrogen-bond donors (Lipinski definition) is 1. The quantitative estimate of drug-likeness (QED) is 0.868. The first-order chi connectivity index (χ1) is 7.70. The summed E-state index contributed by atoms with van der Waals surface area (Å²) in [5.74, 6) is 0.911. The van der Waals surface area contributed by atoms with Crippen LogP contribution in [0.1, 0.15) is 18.9 Å². The molecule has 2 rings (SSSR count). The van der Waals surface area contributed by atoms with Gasteiger partial charge in [-0.25, -0.2) is 4.98 Å². The molecule has 0 fully saturated rings. The molecule has 0 spiro atoms. The Labute approximate surface area is 101 Å². The zero-order chi connectivity index (χ0) is 11.5. The summed E-state index contributed by atoms with van der Waals surface area (Å²) in [5, 5.41) is 5.17. The van der Waals surface area contributed by atoms with Crippen LogP contribution in [0.3, 0.4) is 0 Å². The number of fused-ring (bicyclic) bond motifs is 1. The number of benzene rings is 1. The summed E-state index contributed by atoms with van der Waals surface area (Å²) in [6, 6.07) is 8.06. The highest BCUT2D eigenvalue weighted by Crippen LogP contribution is 2.23. The van der Waals surface area contributed by atoms with E-state index < -0.39 is 0 Å². The molecule has 2 nitrogen and oxygen atoms in total. The van der Waals surface area contributed by atoms with Crippen LogP contribution in [0.5, 0.6) is 0 Å². The Bertz CT molecular complexity index is 509. The highest BCUT2D eigenvalue weighted by atomic mass is 35.5. The highest BCUT2D eigenvalue weighted by molar-refractivity contribution is 6.32. The van der Waals surface area contributed by atoms with Gasteiger partial charge in [-0.15, -0.1) is 0 Å². The van der Waals surface area contributed by atoms with Crippen LogP contribution in [0.2, 0.25) is 5.02 Å². The smallest absolute Gasteiger partial charge is 0.126 e. The number of rotatable bonds is 3. The highest BCUT2D eigenvalue weighted by Gasteiger charge is 2.01. The molecule has 0 aliphatic rings. The van der Waals surface area contributed by atoms with Crippen molar-refractivity contribution in [1.29, 1.82) is 0 Å². The largest absolute Gasteiger partial charge is 0.370 e. The standard InChI is InChI=1S/C13H15ClN2/c1-3-6-15-13-5-4-10-7-9(2)11(14)8-12(10)16-13/h4-5,7-8H,3,6H2,1-2H3,(H,15,16). The molecule has 0 aliphatic carbocycles. The molecule has 0 radical (unpaired) electrons. The summed E-state index contributed by atoms with van der Waals surface area (Å²) < 4.78 is 0. The van der Waals surface area contributed by atoms with Gasteiger partial charge in [0.05, 0.1) is 5.52 Å². The zero-order valence-electron chi connectivity index (χ0n) is 9.55. The maximum Gasteiger partial charge on any atom is 0.126 e. The third-order valence-corrected chi connectivity index (χ3v) is 2.93. The first-order valence-corrected chi connectivity index (χ1v) is 5.89. The van der Waals surface area contributed by atoms with E-state index in [9.17, 15) is 0 Å². The number of nitrogens with one attached hydrogen (secondary N) is 1. The zero-order valence-corrected chi connectivity index (χ0v) is 10.3. The van der Waals surface area contributed by atoms with Crippen LogP contribution in [0.15, 0.2) is 24.3 Å². The first-order valence-electron chi connectivity index (χ1n) is 5.51. The van der Waals surface area contributed by atoms with Crippen molar-refractivity contribution >= 4 is 28.3 Å². The van der Waals surface area contributed by atoms with Crippen molar-refractivity contribution in [2.24, 2.45) is 0 Å². The number of hydrogen-bond acceptors (Lipinski definition) is 2. The third-order valence-electron chi connectivity index (χ3n) is 2.53. The summed E-state index contributed by atoms with van der Waals surface area (Å²) in [6.45, 7) is 5.08. The molecule has 0 saturated carbocycles. The van der Waals surface area contributed by atoms with Gasteiger partial charge in [0.15, 0.2) is 0 Å². The van der Waals surface area contributed by atoms with E-state index in [4.69, 9.17) is 11.6 Å². The molecule has 2 aromatic rings. The molecule has 3 heteroatoms. The van der Waals surface area contributed by atoms with Gasteiger partial charge in [0.25, 0.3) is 0 Å². The molecular weight excluding hydrogens is 220 g/mol. The molecule has 0 saturated heterocycles. The van der Waals surface area contributed by atoms with Gasteiger partial charge in [-0.05, 0) is 43.2 Å². The maximum atomic E-state index is 6.08. The lowest BCUT2D eigenvalue weighted by Gasteiger charge is -2.06. The van der Waals surface area contributed by atoms with E-state index in [2.05, 4.69) is 29.4 Å². The molecule has 0 aliphatic heterocycles. The summed E-state index contributed by atoms with van der Waals surface area (Å²) in [4.78, 5) is 4.52. The molecule has 16 heavy (non-hydrogen) atoms. The maximum absolute atomic E-state index is 6.08. The van der Waals surface area contributed by atoms with E-state index in [1.807, 2.05) is 19.1 Å². The fourth-order valence-electron chi connectivity index (χ4n) is 1.61. The fourth-order valence-corrected chi connectivity index (χ4v) is 1.77. The van der Waals surface area contributed by atoms with E-state index in [1.54, 1.807) is 0 Å². The lowest BCUT2D eigenvalue weighted by molar-refractivity contribution is 0.972. The topological polar surface area (TPSA) is 24.9 Å². The van der Waals surface area contributed by atoms with Gasteiger partial charge >= 0.3 is 0 Å². The molecule has 1 N–H and O–H groups in total. The predicted octanol–water partition coefficient (Wildman–Crippen LogP) is 4.02. The number of aromatic nitrogens is 1. The number of nitrogens with zero attached hydrogens (tertiary/aromatic N) is 1. The molecule has 0 unspecified atom stereocenters. The molecule has 1 aromatic heterocycles. The summed E-state index contributed by atoms with van der Waals surface area (Å²) in [7, 11) is 0. The molecule has 1 aromatic carbocycles. The van der Waals surface area contributed by atoms with Crippen LogP contribution in [0.4, 0.5) is 5.82 Å². The fraction of sp³-hybridized carbons (Fsp3) is 0.308. The van der Waals surface area contributed by atoms with Gasteiger partial charge in [0.1, 0.15) is 5.82 Å². The van der Waals surface area contributed by atoms with Gasteiger partial charge in [-0.2, -0.15) is 0 Å². The normalized spacial score (nSPS) is 10.7. The van der Waals surface area contributed by atoms with Gasteiger partial charge in [-0.3, -0.25) is 0 Å². The number of pyridine rings is 1. The van der Waals surface area contributed by atoms with Gasteiger partial charge in [0, 0.05) is 17.0 Å². The Kier molecular flexibility index (Phi) is 3.30. The third kappa shape index (κ3) is 2.27. The number of halogens is 1. The minimum atomic E-state index is 0.771. The molecule has 84 valence electrons. The lowest BCUT2D eigenvalue weighted by atomic mass is 10.1. The Morgan fingerprint density at radius 2 is 2.12 bits per heavy atom. The van der Waals surface area contributed by atoms with Crippen LogP contribution < -0.4 is 5.32 Å². The van der Waals surface area contributed by atoms with Gasteiger partial charge < -0.3 is 5.32 Å². The second kappa shape index (κ2) is 4.71. The van der Waals surface area contributed by atoms with Crippen molar-refractivity contribution in [2.45, 2.75) is 20.3 Å². The first kappa shape index (κ1) is 11.2. The van der Waals surface area contributed by atoms with Crippen LogP contribution in [0.25, 0.3) is 10.9 Å². The molecule has 0 bridgehead atoms.